The Labute approximate surface area is 151 Å². The predicted molar refractivity (Wildman–Crippen MR) is 95.9 cm³/mol. The summed E-state index contributed by atoms with van der Waals surface area (Å²) in [6.45, 7) is 6.30. The van der Waals surface area contributed by atoms with Gasteiger partial charge in [0.2, 0.25) is 0 Å². The fourth-order valence-corrected chi connectivity index (χ4v) is 3.06. The van der Waals surface area contributed by atoms with Crippen molar-refractivity contribution in [3.05, 3.63) is 28.9 Å². The third-order valence-electron chi connectivity index (χ3n) is 4.43. The number of amides is 1. The Balaban J connectivity index is 1.69. The molecule has 0 radical (unpaired) electrons. The average molecular weight is 363 g/mol. The maximum atomic E-state index is 12.5. The van der Waals surface area contributed by atoms with Crippen molar-refractivity contribution < 1.29 is 14.6 Å². The second-order valence-electron chi connectivity index (χ2n) is 7.86. The van der Waals surface area contributed by atoms with Crippen molar-refractivity contribution in [2.75, 3.05) is 18.8 Å². The van der Waals surface area contributed by atoms with Crippen molar-refractivity contribution in [2.24, 2.45) is 0 Å². The number of carbonyl (C=O) groups excluding carboxylic acids is 1. The number of nitrogens with two attached hydrogens (primary N) is 1. The smallest absolute Gasteiger partial charge is 0.410 e. The number of nitrogen functional groups attached to an aromatic ring is 1. The Bertz CT molecular complexity index is 871. The van der Waals surface area contributed by atoms with E-state index in [0.717, 1.165) is 0 Å². The van der Waals surface area contributed by atoms with Crippen LogP contribution in [-0.4, -0.2) is 54.6 Å². The number of rotatable bonds is 2. The SMILES string of the molecule is CC(C)(C)OC(=O)N1CCC(O)(Cn2cnn3cc(N)cc3c2=O)CC1. The fourth-order valence-electron chi connectivity index (χ4n) is 3.06. The maximum absolute atomic E-state index is 12.5. The first kappa shape index (κ1) is 18.2. The van der Waals surface area contributed by atoms with Crippen molar-refractivity contribution in [2.45, 2.75) is 51.4 Å². The molecule has 9 heteroatoms. The molecule has 0 aromatic carbocycles. The van der Waals surface area contributed by atoms with Gasteiger partial charge >= 0.3 is 6.09 Å². The van der Waals surface area contributed by atoms with Crippen LogP contribution in [0.3, 0.4) is 0 Å². The molecule has 0 aliphatic carbocycles. The number of nitrogens with zero attached hydrogens (tertiary/aromatic N) is 4. The first-order valence-corrected chi connectivity index (χ1v) is 8.60. The van der Waals surface area contributed by atoms with Crippen molar-refractivity contribution in [1.82, 2.24) is 19.1 Å². The largest absolute Gasteiger partial charge is 0.444 e. The minimum absolute atomic E-state index is 0.114. The second kappa shape index (κ2) is 6.31. The molecule has 0 unspecified atom stereocenters. The van der Waals surface area contributed by atoms with E-state index in [9.17, 15) is 14.7 Å². The topological polar surface area (TPSA) is 115 Å². The van der Waals surface area contributed by atoms with Crippen molar-refractivity contribution in [1.29, 1.82) is 0 Å². The second-order valence-corrected chi connectivity index (χ2v) is 7.86. The van der Waals surface area contributed by atoms with Gasteiger partial charge in [-0.25, -0.2) is 9.31 Å². The molecule has 2 aromatic rings. The van der Waals surface area contributed by atoms with Crippen LogP contribution in [0.5, 0.6) is 0 Å². The summed E-state index contributed by atoms with van der Waals surface area (Å²) in [5.74, 6) is 0. The van der Waals surface area contributed by atoms with Crippen LogP contribution in [0.2, 0.25) is 0 Å². The molecule has 1 aliphatic rings. The Morgan fingerprint density at radius 1 is 1.38 bits per heavy atom. The number of likely N-dealkylation sites (tertiary alicyclic amines) is 1. The predicted octanol–water partition coefficient (Wildman–Crippen LogP) is 0.840. The van der Waals surface area contributed by atoms with Gasteiger partial charge in [-0.15, -0.1) is 0 Å². The van der Waals surface area contributed by atoms with E-state index in [-0.39, 0.29) is 18.2 Å². The Hall–Kier alpha value is -2.55. The minimum atomic E-state index is -1.08. The molecule has 142 valence electrons. The van der Waals surface area contributed by atoms with Gasteiger partial charge in [0.1, 0.15) is 17.4 Å². The number of hydrogen-bond acceptors (Lipinski definition) is 6. The van der Waals surface area contributed by atoms with E-state index in [2.05, 4.69) is 5.10 Å². The molecule has 0 saturated carbocycles. The summed E-state index contributed by atoms with van der Waals surface area (Å²) in [4.78, 5) is 26.2. The molecule has 26 heavy (non-hydrogen) atoms. The summed E-state index contributed by atoms with van der Waals surface area (Å²) < 4.78 is 8.17. The molecule has 9 nitrogen and oxygen atoms in total. The molecule has 1 fully saturated rings. The van der Waals surface area contributed by atoms with Crippen molar-refractivity contribution in [3.8, 4) is 0 Å². The highest BCUT2D eigenvalue weighted by molar-refractivity contribution is 5.68. The lowest BCUT2D eigenvalue weighted by molar-refractivity contribution is -0.0420. The molecule has 1 aliphatic heterocycles. The quantitative estimate of drug-likeness (QED) is 0.817. The van der Waals surface area contributed by atoms with Gasteiger partial charge in [0.15, 0.2) is 0 Å². The van der Waals surface area contributed by atoms with E-state index in [0.29, 0.717) is 37.1 Å². The molecule has 0 spiro atoms. The monoisotopic (exact) mass is 363 g/mol. The highest BCUT2D eigenvalue weighted by atomic mass is 16.6. The van der Waals surface area contributed by atoms with Crippen LogP contribution in [0, 0.1) is 0 Å². The van der Waals surface area contributed by atoms with Crippen LogP contribution in [0.15, 0.2) is 23.4 Å². The van der Waals surface area contributed by atoms with Gasteiger partial charge in [0, 0.05) is 13.1 Å². The van der Waals surface area contributed by atoms with E-state index >= 15 is 0 Å². The van der Waals surface area contributed by atoms with E-state index in [1.54, 1.807) is 17.2 Å². The van der Waals surface area contributed by atoms with Gasteiger partial charge < -0.3 is 20.5 Å². The zero-order chi connectivity index (χ0) is 19.1. The summed E-state index contributed by atoms with van der Waals surface area (Å²) in [6, 6.07) is 1.56. The van der Waals surface area contributed by atoms with Gasteiger partial charge in [0.25, 0.3) is 5.56 Å². The zero-order valence-corrected chi connectivity index (χ0v) is 15.3. The summed E-state index contributed by atoms with van der Waals surface area (Å²) in [6.07, 6.45) is 3.28. The highest BCUT2D eigenvalue weighted by Crippen LogP contribution is 2.25. The van der Waals surface area contributed by atoms with Crippen LogP contribution in [0.25, 0.3) is 5.52 Å². The molecular formula is C17H25N5O4. The molecule has 1 saturated heterocycles. The lowest BCUT2D eigenvalue weighted by Crippen LogP contribution is -2.50. The summed E-state index contributed by atoms with van der Waals surface area (Å²) in [5, 5.41) is 15.0. The fraction of sp³-hybridized carbons (Fsp3) is 0.588. The van der Waals surface area contributed by atoms with Crippen LogP contribution >= 0.6 is 0 Å². The minimum Gasteiger partial charge on any atom is -0.444 e. The number of aromatic nitrogens is 3. The molecule has 2 aromatic heterocycles. The molecule has 1 amide bonds. The molecule has 0 bridgehead atoms. The van der Waals surface area contributed by atoms with E-state index in [4.69, 9.17) is 10.5 Å². The van der Waals surface area contributed by atoms with Gasteiger partial charge in [-0.05, 0) is 39.7 Å². The standard InChI is InChI=1S/C17H25N5O4/c1-16(2,3)26-15(24)20-6-4-17(25,5-7-20)10-21-11-19-22-9-12(18)8-13(22)14(21)23/h8-9,11,25H,4-7,10,18H2,1-3H3. The van der Waals surface area contributed by atoms with Crippen LogP contribution < -0.4 is 11.3 Å². The third-order valence-corrected chi connectivity index (χ3v) is 4.43. The van der Waals surface area contributed by atoms with Crippen molar-refractivity contribution >= 4 is 17.3 Å². The van der Waals surface area contributed by atoms with E-state index in [1.807, 2.05) is 20.8 Å². The van der Waals surface area contributed by atoms with E-state index < -0.39 is 11.2 Å². The zero-order valence-electron chi connectivity index (χ0n) is 15.3. The van der Waals surface area contributed by atoms with Crippen LogP contribution in [0.4, 0.5) is 10.5 Å². The number of anilines is 1. The average Bonchev–Trinajstić information content (AvgIpc) is 2.90. The lowest BCUT2D eigenvalue weighted by atomic mass is 9.91. The van der Waals surface area contributed by atoms with Crippen LogP contribution in [0.1, 0.15) is 33.6 Å². The molecule has 3 rings (SSSR count). The Kier molecular flexibility index (Phi) is 4.43. The number of hydrogen-bond donors (Lipinski definition) is 2. The van der Waals surface area contributed by atoms with Crippen LogP contribution in [-0.2, 0) is 11.3 Å². The molecular weight excluding hydrogens is 338 g/mol. The van der Waals surface area contributed by atoms with E-state index in [1.165, 1.54) is 15.4 Å². The number of aliphatic hydroxyl groups is 1. The summed E-state index contributed by atoms with van der Waals surface area (Å²) in [7, 11) is 0. The number of ether oxygens (including phenoxy) is 1. The molecule has 3 heterocycles. The Morgan fingerprint density at radius 2 is 2.04 bits per heavy atom. The summed E-state index contributed by atoms with van der Waals surface area (Å²) >= 11 is 0. The lowest BCUT2D eigenvalue weighted by Gasteiger charge is -2.38. The van der Waals surface area contributed by atoms with Gasteiger partial charge in [0.05, 0.1) is 24.0 Å². The summed E-state index contributed by atoms with van der Waals surface area (Å²) in [5.41, 5.74) is 4.61. The maximum Gasteiger partial charge on any atom is 0.410 e. The van der Waals surface area contributed by atoms with Gasteiger partial charge in [-0.1, -0.05) is 0 Å². The first-order chi connectivity index (χ1) is 12.1. The normalized spacial score (nSPS) is 17.5. The number of fused-ring (bicyclic) bond motifs is 1. The first-order valence-electron chi connectivity index (χ1n) is 8.60. The number of piperidine rings is 1. The third kappa shape index (κ3) is 3.82. The molecule has 0 atom stereocenters. The van der Waals surface area contributed by atoms with Gasteiger partial charge in [-0.2, -0.15) is 5.10 Å². The number of carbonyl (C=O) groups is 1. The van der Waals surface area contributed by atoms with Crippen molar-refractivity contribution in [3.63, 3.8) is 0 Å². The Morgan fingerprint density at radius 3 is 2.65 bits per heavy atom. The highest BCUT2D eigenvalue weighted by Gasteiger charge is 2.36. The molecule has 3 N–H and O–H groups in total. The van der Waals surface area contributed by atoms with Gasteiger partial charge in [-0.3, -0.25) is 9.36 Å².